The lowest BCUT2D eigenvalue weighted by Crippen LogP contribution is -2.47. The van der Waals surface area contributed by atoms with Crippen LogP contribution in [0.3, 0.4) is 0 Å². The fourth-order valence-electron chi connectivity index (χ4n) is 5.32. The van der Waals surface area contributed by atoms with E-state index in [1.807, 2.05) is 36.4 Å². The summed E-state index contributed by atoms with van der Waals surface area (Å²) in [6.07, 6.45) is 7.40. The second kappa shape index (κ2) is 12.8. The van der Waals surface area contributed by atoms with Crippen molar-refractivity contribution >= 4 is 26.7 Å². The van der Waals surface area contributed by atoms with Crippen molar-refractivity contribution in [2.45, 2.75) is 32.9 Å². The molecule has 3 heterocycles. The highest BCUT2D eigenvalue weighted by molar-refractivity contribution is 7.89. The molecule has 0 saturated carbocycles. The van der Waals surface area contributed by atoms with Crippen molar-refractivity contribution in [1.29, 1.82) is 0 Å². The third-order valence-electron chi connectivity index (χ3n) is 7.62. The van der Waals surface area contributed by atoms with Gasteiger partial charge in [-0.15, -0.1) is 0 Å². The minimum absolute atomic E-state index is 0.0817. The van der Waals surface area contributed by atoms with Gasteiger partial charge in [-0.1, -0.05) is 36.4 Å². The number of nitrogens with one attached hydrogen (secondary N) is 1. The van der Waals surface area contributed by atoms with Gasteiger partial charge in [-0.3, -0.25) is 4.90 Å². The summed E-state index contributed by atoms with van der Waals surface area (Å²) in [5.74, 6) is 1.66. The minimum atomic E-state index is -3.36. The van der Waals surface area contributed by atoms with Gasteiger partial charge in [0.25, 0.3) is 0 Å². The van der Waals surface area contributed by atoms with E-state index in [1.54, 1.807) is 30.9 Å². The number of hydrogen-bond acceptors (Lipinski definition) is 7. The maximum Gasteiger partial charge on any atom is 0.214 e. The molecule has 0 spiro atoms. The van der Waals surface area contributed by atoms with E-state index >= 15 is 0 Å². The number of hydrogen-bond donors (Lipinski definition) is 1. The highest BCUT2D eigenvalue weighted by Gasteiger charge is 2.22. The molecule has 40 heavy (non-hydrogen) atoms. The third-order valence-corrected chi connectivity index (χ3v) is 9.40. The van der Waals surface area contributed by atoms with Gasteiger partial charge in [0.15, 0.2) is 11.6 Å². The van der Waals surface area contributed by atoms with Crippen LogP contribution in [0.25, 0.3) is 10.9 Å². The summed E-state index contributed by atoms with van der Waals surface area (Å²) in [7, 11) is -1.70. The topological polar surface area (TPSA) is 94.7 Å². The Morgan fingerprint density at radius 1 is 1.02 bits per heavy atom. The van der Waals surface area contributed by atoms with Gasteiger partial charge in [0.2, 0.25) is 10.0 Å². The monoisotopic (exact) mass is 562 g/mol. The second-order valence-corrected chi connectivity index (χ2v) is 12.5. The second-order valence-electron chi connectivity index (χ2n) is 10.2. The molecule has 0 atom stereocenters. The van der Waals surface area contributed by atoms with Crippen molar-refractivity contribution in [1.82, 2.24) is 24.2 Å². The van der Waals surface area contributed by atoms with Crippen molar-refractivity contribution in [3.05, 3.63) is 83.9 Å². The normalized spacial score (nSPS) is 14.7. The van der Waals surface area contributed by atoms with Gasteiger partial charge in [0.05, 0.1) is 19.1 Å². The molecule has 1 saturated heterocycles. The molecule has 1 aliphatic rings. The zero-order valence-electron chi connectivity index (χ0n) is 23.3. The molecule has 1 fully saturated rings. The molecule has 1 N–H and O–H groups in total. The quantitative estimate of drug-likeness (QED) is 0.278. The maximum absolute atomic E-state index is 12.9. The van der Waals surface area contributed by atoms with E-state index < -0.39 is 10.0 Å². The Labute approximate surface area is 236 Å². The van der Waals surface area contributed by atoms with Crippen LogP contribution in [0.2, 0.25) is 0 Å². The van der Waals surface area contributed by atoms with Crippen LogP contribution in [-0.2, 0) is 29.5 Å². The zero-order chi connectivity index (χ0) is 28.0. The Morgan fingerprint density at radius 2 is 1.80 bits per heavy atom. The van der Waals surface area contributed by atoms with E-state index in [1.165, 1.54) is 10.9 Å². The third kappa shape index (κ3) is 6.63. The van der Waals surface area contributed by atoms with Crippen LogP contribution in [-0.4, -0.2) is 78.2 Å². The Morgan fingerprint density at radius 3 is 2.55 bits per heavy atom. The average molecular weight is 563 g/mol. The molecule has 0 radical (unpaired) electrons. The number of sulfonamides is 1. The smallest absolute Gasteiger partial charge is 0.214 e. The molecule has 5 rings (SSSR count). The summed E-state index contributed by atoms with van der Waals surface area (Å²) >= 11 is 0. The lowest BCUT2D eigenvalue weighted by atomic mass is 10.1. The van der Waals surface area contributed by atoms with E-state index in [0.717, 1.165) is 68.0 Å². The van der Waals surface area contributed by atoms with Gasteiger partial charge in [0, 0.05) is 56.4 Å². The van der Waals surface area contributed by atoms with Crippen molar-refractivity contribution in [3.63, 3.8) is 0 Å². The fraction of sp³-hybridized carbons (Fsp3) is 0.400. The molecule has 0 aliphatic carbocycles. The molecule has 212 valence electrons. The van der Waals surface area contributed by atoms with Crippen molar-refractivity contribution < 1.29 is 13.2 Å². The molecular formula is C30H38N6O3S. The molecule has 10 heteroatoms. The Hall–Kier alpha value is -3.47. The van der Waals surface area contributed by atoms with Crippen molar-refractivity contribution in [2.75, 3.05) is 50.5 Å². The summed E-state index contributed by atoms with van der Waals surface area (Å²) in [6.45, 7) is 7.23. The lowest BCUT2D eigenvalue weighted by Gasteiger charge is -2.35. The van der Waals surface area contributed by atoms with Gasteiger partial charge in [-0.25, -0.2) is 18.4 Å². The van der Waals surface area contributed by atoms with Crippen LogP contribution in [0, 0.1) is 0 Å². The lowest BCUT2D eigenvalue weighted by molar-refractivity contribution is 0.253. The summed E-state index contributed by atoms with van der Waals surface area (Å²) in [5.41, 5.74) is 4.34. The van der Waals surface area contributed by atoms with Gasteiger partial charge in [0.1, 0.15) is 6.33 Å². The minimum Gasteiger partial charge on any atom is -0.491 e. The standard InChI is InChI=1S/C30H38N6O3S/c1-3-40(37,38)36(21-24-8-5-4-6-9-24)22-25-11-12-28-27(18-25)26(19-32-28)10-7-13-34-14-16-35(17-15-34)30-29(39-2)20-31-23-33-30/h4-6,8-9,11-12,18-20,23,32H,3,7,10,13-17,21-22H2,1-2H3. The van der Waals surface area contributed by atoms with E-state index in [-0.39, 0.29) is 5.75 Å². The molecule has 4 aromatic rings. The number of methoxy groups -OCH3 is 1. The molecule has 1 aliphatic heterocycles. The fourth-order valence-corrected chi connectivity index (χ4v) is 6.38. The first-order chi connectivity index (χ1) is 19.5. The molecule has 0 amide bonds. The predicted octanol–water partition coefficient (Wildman–Crippen LogP) is 4.07. The van der Waals surface area contributed by atoms with Crippen LogP contribution in [0.5, 0.6) is 5.75 Å². The summed E-state index contributed by atoms with van der Waals surface area (Å²) in [5, 5.41) is 1.17. The van der Waals surface area contributed by atoms with E-state index in [9.17, 15) is 8.42 Å². The number of H-pyrrole nitrogens is 1. The van der Waals surface area contributed by atoms with Crippen LogP contribution < -0.4 is 9.64 Å². The van der Waals surface area contributed by atoms with Gasteiger partial charge < -0.3 is 14.6 Å². The number of piperazine rings is 1. The largest absolute Gasteiger partial charge is 0.491 e. The van der Waals surface area contributed by atoms with Crippen LogP contribution >= 0.6 is 0 Å². The number of nitrogens with zero attached hydrogens (tertiary/aromatic N) is 5. The Balaban J connectivity index is 1.19. The Kier molecular flexibility index (Phi) is 8.98. The number of aromatic amines is 1. The molecule has 2 aromatic carbocycles. The number of aryl methyl sites for hydroxylation is 1. The zero-order valence-corrected chi connectivity index (χ0v) is 24.1. The number of anilines is 1. The molecule has 0 bridgehead atoms. The van der Waals surface area contributed by atoms with Gasteiger partial charge in [-0.2, -0.15) is 4.31 Å². The van der Waals surface area contributed by atoms with Crippen LogP contribution in [0.15, 0.2) is 67.3 Å². The molecule has 0 unspecified atom stereocenters. The van der Waals surface area contributed by atoms with Crippen molar-refractivity contribution in [3.8, 4) is 5.75 Å². The Bertz CT molecular complexity index is 1500. The number of ether oxygens (including phenoxy) is 1. The number of aromatic nitrogens is 3. The molecular weight excluding hydrogens is 524 g/mol. The first-order valence-electron chi connectivity index (χ1n) is 13.9. The van der Waals surface area contributed by atoms with Crippen LogP contribution in [0.4, 0.5) is 5.82 Å². The highest BCUT2D eigenvalue weighted by atomic mass is 32.2. The first kappa shape index (κ1) is 28.1. The van der Waals surface area contributed by atoms with E-state index in [0.29, 0.717) is 18.8 Å². The van der Waals surface area contributed by atoms with E-state index in [4.69, 9.17) is 4.74 Å². The summed E-state index contributed by atoms with van der Waals surface area (Å²) in [4.78, 5) is 16.6. The number of benzene rings is 2. The number of fused-ring (bicyclic) bond motifs is 1. The van der Waals surface area contributed by atoms with Crippen molar-refractivity contribution in [2.24, 2.45) is 0 Å². The number of rotatable bonds is 12. The van der Waals surface area contributed by atoms with Crippen LogP contribution in [0.1, 0.15) is 30.0 Å². The maximum atomic E-state index is 12.9. The summed E-state index contributed by atoms with van der Waals surface area (Å²) in [6, 6.07) is 16.0. The van der Waals surface area contributed by atoms with Gasteiger partial charge in [-0.05, 0) is 55.1 Å². The SMILES string of the molecule is CCS(=O)(=O)N(Cc1ccccc1)Cc1ccc2[nH]cc(CCCN3CCN(c4ncncc4OC)CC3)c2c1. The predicted molar refractivity (Wildman–Crippen MR) is 159 cm³/mol. The van der Waals surface area contributed by atoms with Gasteiger partial charge >= 0.3 is 0 Å². The molecule has 9 nitrogen and oxygen atoms in total. The average Bonchev–Trinajstić information content (AvgIpc) is 3.40. The summed E-state index contributed by atoms with van der Waals surface area (Å²) < 4.78 is 32.8. The highest BCUT2D eigenvalue weighted by Crippen LogP contribution is 2.26. The molecule has 2 aromatic heterocycles. The first-order valence-corrected chi connectivity index (χ1v) is 15.5. The van der Waals surface area contributed by atoms with E-state index in [2.05, 4.69) is 43.1 Å².